The van der Waals surface area contributed by atoms with Crippen molar-refractivity contribution < 1.29 is 28.3 Å². The fraction of sp³-hybridized carbons (Fsp3) is 0.333. The van der Waals surface area contributed by atoms with E-state index in [4.69, 9.17) is 5.11 Å². The number of halogens is 2. The minimum atomic E-state index is -3.10. The summed E-state index contributed by atoms with van der Waals surface area (Å²) < 4.78 is 30.3. The van der Waals surface area contributed by atoms with Crippen LogP contribution in [0.5, 0.6) is 5.75 Å². The van der Waals surface area contributed by atoms with Crippen LogP contribution in [0.1, 0.15) is 17.6 Å². The van der Waals surface area contributed by atoms with Crippen molar-refractivity contribution >= 4 is 11.8 Å². The Balaban J connectivity index is 3.53. The number of pyridine rings is 1. The second-order valence-electron chi connectivity index (χ2n) is 3.17. The molecule has 0 aliphatic heterocycles. The van der Waals surface area contributed by atoms with Gasteiger partial charge in [-0.1, -0.05) is 0 Å². The molecule has 18 heavy (non-hydrogen) atoms. The van der Waals surface area contributed by atoms with Crippen molar-refractivity contribution in [2.75, 3.05) is 7.11 Å². The number of carboxylic acid groups (broad SMARTS) is 1. The van der Waals surface area contributed by atoms with Crippen LogP contribution in [0.15, 0.2) is 6.20 Å². The predicted molar refractivity (Wildman–Crippen MR) is 53.7 cm³/mol. The van der Waals surface area contributed by atoms with Gasteiger partial charge in [0.15, 0.2) is 11.9 Å². The molecule has 1 aromatic rings. The summed E-state index contributed by atoms with van der Waals surface area (Å²) in [7, 11) is 1.08. The third-order valence-electron chi connectivity index (χ3n) is 2.10. The molecule has 1 aromatic heterocycles. The molecule has 0 bridgehead atoms. The van der Waals surface area contributed by atoms with E-state index in [0.29, 0.717) is 0 Å². The normalized spacial score (nSPS) is 10.4. The zero-order chi connectivity index (χ0) is 13.9. The predicted octanol–water partition coefficient (Wildman–Crippen LogP) is 1.56. The molecule has 0 spiro atoms. The van der Waals surface area contributed by atoms with Crippen molar-refractivity contribution in [3.8, 4) is 5.75 Å². The molecule has 0 unspecified atom stereocenters. The van der Waals surface area contributed by atoms with Crippen LogP contribution in [0.25, 0.3) is 0 Å². The van der Waals surface area contributed by atoms with Crippen LogP contribution in [-0.2, 0) is 11.2 Å². The first-order valence-electron chi connectivity index (χ1n) is 4.58. The molecule has 0 radical (unpaired) electrons. The van der Waals surface area contributed by atoms with Crippen LogP contribution in [0.4, 0.5) is 14.6 Å². The van der Waals surface area contributed by atoms with Crippen molar-refractivity contribution in [3.05, 3.63) is 27.4 Å². The lowest BCUT2D eigenvalue weighted by molar-refractivity contribution is -0.390. The molecule has 1 heterocycles. The summed E-state index contributed by atoms with van der Waals surface area (Å²) in [6, 6.07) is 0. The first-order chi connectivity index (χ1) is 8.38. The van der Waals surface area contributed by atoms with Crippen molar-refractivity contribution in [1.29, 1.82) is 0 Å². The van der Waals surface area contributed by atoms with E-state index in [9.17, 15) is 23.7 Å². The molecule has 1 rings (SSSR count). The number of ether oxygens (including phenoxy) is 1. The van der Waals surface area contributed by atoms with Crippen molar-refractivity contribution in [3.63, 3.8) is 0 Å². The number of hydrogen-bond acceptors (Lipinski definition) is 5. The topological polar surface area (TPSA) is 103 Å². The van der Waals surface area contributed by atoms with Crippen LogP contribution in [0.3, 0.4) is 0 Å². The van der Waals surface area contributed by atoms with Gasteiger partial charge < -0.3 is 20.0 Å². The van der Waals surface area contributed by atoms with E-state index in [2.05, 4.69) is 9.72 Å². The number of carbonyl (C=O) groups is 1. The molecular weight excluding hydrogens is 254 g/mol. The van der Waals surface area contributed by atoms with Crippen LogP contribution in [0, 0.1) is 10.1 Å². The number of methoxy groups -OCH3 is 1. The van der Waals surface area contributed by atoms with Gasteiger partial charge in [0.25, 0.3) is 6.43 Å². The maximum Gasteiger partial charge on any atom is 0.367 e. The minimum Gasteiger partial charge on any atom is -0.492 e. The second-order valence-corrected chi connectivity index (χ2v) is 3.17. The molecule has 0 aliphatic rings. The first kappa shape index (κ1) is 13.7. The van der Waals surface area contributed by atoms with Gasteiger partial charge in [0.05, 0.1) is 24.7 Å². The second kappa shape index (κ2) is 5.34. The molecule has 0 saturated carbocycles. The smallest absolute Gasteiger partial charge is 0.367 e. The Kier molecular flexibility index (Phi) is 4.08. The lowest BCUT2D eigenvalue weighted by Gasteiger charge is -2.10. The molecule has 0 fully saturated rings. The molecule has 0 atom stereocenters. The Morgan fingerprint density at radius 3 is 2.67 bits per heavy atom. The van der Waals surface area contributed by atoms with E-state index in [1.807, 2.05) is 0 Å². The standard InChI is InChI=1S/C9H8F2N2O5/c1-18-5-3-12-9(13(16)17)4(2-6(14)15)7(5)8(10)11/h3,8H,2H2,1H3,(H,14,15). The molecule has 0 saturated heterocycles. The summed E-state index contributed by atoms with van der Waals surface area (Å²) in [4.78, 5) is 23.5. The lowest BCUT2D eigenvalue weighted by atomic mass is 10.1. The van der Waals surface area contributed by atoms with Gasteiger partial charge in [0, 0.05) is 0 Å². The van der Waals surface area contributed by atoms with E-state index in [0.717, 1.165) is 13.3 Å². The highest BCUT2D eigenvalue weighted by molar-refractivity contribution is 5.73. The van der Waals surface area contributed by atoms with Crippen molar-refractivity contribution in [2.24, 2.45) is 0 Å². The Hall–Kier alpha value is -2.32. The van der Waals surface area contributed by atoms with E-state index in [-0.39, 0.29) is 5.75 Å². The molecule has 0 amide bonds. The molecule has 0 aromatic carbocycles. The van der Waals surface area contributed by atoms with E-state index >= 15 is 0 Å². The summed E-state index contributed by atoms with van der Waals surface area (Å²) >= 11 is 0. The molecule has 7 nitrogen and oxygen atoms in total. The zero-order valence-electron chi connectivity index (χ0n) is 9.09. The maximum atomic E-state index is 12.8. The highest BCUT2D eigenvalue weighted by Crippen LogP contribution is 2.35. The largest absolute Gasteiger partial charge is 0.492 e. The molecule has 1 N–H and O–H groups in total. The van der Waals surface area contributed by atoms with E-state index < -0.39 is 40.7 Å². The Morgan fingerprint density at radius 2 is 2.28 bits per heavy atom. The average molecular weight is 262 g/mol. The summed E-state index contributed by atoms with van der Waals surface area (Å²) in [6.07, 6.45) is -3.26. The van der Waals surface area contributed by atoms with Crippen LogP contribution >= 0.6 is 0 Å². The summed E-state index contributed by atoms with van der Waals surface area (Å²) in [6.45, 7) is 0. The Bertz CT molecular complexity index is 492. The number of aliphatic carboxylic acids is 1. The van der Waals surface area contributed by atoms with Gasteiger partial charge in [-0.3, -0.25) is 4.79 Å². The van der Waals surface area contributed by atoms with Gasteiger partial charge in [-0.15, -0.1) is 0 Å². The summed E-state index contributed by atoms with van der Waals surface area (Å²) in [5.74, 6) is -2.77. The van der Waals surface area contributed by atoms with Crippen LogP contribution < -0.4 is 4.74 Å². The quantitative estimate of drug-likeness (QED) is 0.638. The third-order valence-corrected chi connectivity index (χ3v) is 2.10. The van der Waals surface area contributed by atoms with E-state index in [1.165, 1.54) is 0 Å². The fourth-order valence-corrected chi connectivity index (χ4v) is 1.42. The van der Waals surface area contributed by atoms with Gasteiger partial charge in [-0.2, -0.15) is 0 Å². The van der Waals surface area contributed by atoms with Gasteiger partial charge >= 0.3 is 11.8 Å². The van der Waals surface area contributed by atoms with Crippen LogP contribution in [-0.4, -0.2) is 28.1 Å². The summed E-state index contributed by atoms with van der Waals surface area (Å²) in [5, 5.41) is 19.2. The molecular formula is C9H8F2N2O5. The van der Waals surface area contributed by atoms with Gasteiger partial charge in [-0.05, 0) is 9.91 Å². The zero-order valence-corrected chi connectivity index (χ0v) is 9.09. The van der Waals surface area contributed by atoms with Gasteiger partial charge in [0.2, 0.25) is 0 Å². The highest BCUT2D eigenvalue weighted by atomic mass is 19.3. The summed E-state index contributed by atoms with van der Waals surface area (Å²) in [5.41, 5.74) is -1.47. The fourth-order valence-electron chi connectivity index (χ4n) is 1.42. The average Bonchev–Trinajstić information content (AvgIpc) is 2.26. The number of hydrogen-bond donors (Lipinski definition) is 1. The Morgan fingerprint density at radius 1 is 1.67 bits per heavy atom. The monoisotopic (exact) mass is 262 g/mol. The molecule has 0 aliphatic carbocycles. The number of aromatic nitrogens is 1. The number of alkyl halides is 2. The van der Waals surface area contributed by atoms with Gasteiger partial charge in [-0.25, -0.2) is 8.78 Å². The SMILES string of the molecule is COc1cnc([N+](=O)[O-])c(CC(=O)O)c1C(F)F. The number of nitro groups is 1. The highest BCUT2D eigenvalue weighted by Gasteiger charge is 2.30. The van der Waals surface area contributed by atoms with Gasteiger partial charge in [0.1, 0.15) is 0 Å². The molecule has 9 heteroatoms. The lowest BCUT2D eigenvalue weighted by Crippen LogP contribution is -2.10. The van der Waals surface area contributed by atoms with E-state index in [1.54, 1.807) is 0 Å². The third kappa shape index (κ3) is 2.67. The van der Waals surface area contributed by atoms with Crippen molar-refractivity contribution in [1.82, 2.24) is 4.98 Å². The number of carboxylic acids is 1. The molecule has 98 valence electrons. The first-order valence-corrected chi connectivity index (χ1v) is 4.58. The van der Waals surface area contributed by atoms with Crippen molar-refractivity contribution in [2.45, 2.75) is 12.8 Å². The Labute approximate surface area is 99.2 Å². The minimum absolute atomic E-state index is 0.383. The van der Waals surface area contributed by atoms with Crippen LogP contribution in [0.2, 0.25) is 0 Å². The maximum absolute atomic E-state index is 12.8. The number of nitrogens with zero attached hydrogens (tertiary/aromatic N) is 2. The number of rotatable bonds is 5.